The van der Waals surface area contributed by atoms with Gasteiger partial charge in [-0.1, -0.05) is 52.1 Å². The highest BCUT2D eigenvalue weighted by Crippen LogP contribution is 2.38. The lowest BCUT2D eigenvalue weighted by atomic mass is 10.1. The molecule has 0 fully saturated rings. The Labute approximate surface area is 211 Å². The molecule has 0 unspecified atom stereocenters. The largest absolute Gasteiger partial charge is 0.469 e. The van der Waals surface area contributed by atoms with E-state index in [1.807, 2.05) is 0 Å². The summed E-state index contributed by atoms with van der Waals surface area (Å²) in [5.41, 5.74) is -1.39. The molecule has 1 rings (SSSR count). The second kappa shape index (κ2) is 13.5. The lowest BCUT2D eigenvalue weighted by Crippen LogP contribution is -2.37. The van der Waals surface area contributed by atoms with Crippen LogP contribution in [-0.2, 0) is 9.09 Å². The lowest BCUT2D eigenvalue weighted by molar-refractivity contribution is -0.393. The summed E-state index contributed by atoms with van der Waals surface area (Å²) in [6.07, 6.45) is 0.471. The van der Waals surface area contributed by atoms with Crippen molar-refractivity contribution in [3.8, 4) is 0 Å². The standard InChI is InChI=1S/C16H23I2N4O9P/c1-2-5-20(8-9-31-32(28,29)30)16(23)13-10-12(21(24)25)11-14(22(26)27)15(13)19(6-3-17)7-4-18/h10-11H,2-9H2,1H3,(H2,28,29,30). The molecule has 16 heteroatoms. The SMILES string of the molecule is CCCN(CCOP(=O)(O)O)C(=O)c1cc([N+](=O)[O-])cc([N+](=O)[O-])c1N(CCI)CCI. The first-order valence-electron chi connectivity index (χ1n) is 9.29. The number of halogens is 2. The van der Waals surface area contributed by atoms with Gasteiger partial charge in [0.1, 0.15) is 5.69 Å². The number of phosphoric acid groups is 1. The fourth-order valence-corrected chi connectivity index (χ4v) is 4.39. The Hall–Kier alpha value is -1.14. The van der Waals surface area contributed by atoms with E-state index < -0.39 is 41.6 Å². The molecule has 1 aromatic carbocycles. The monoisotopic (exact) mass is 700 g/mol. The summed E-state index contributed by atoms with van der Waals surface area (Å²) >= 11 is 4.18. The zero-order valence-corrected chi connectivity index (χ0v) is 22.3. The quantitative estimate of drug-likeness (QED) is 0.0965. The third kappa shape index (κ3) is 8.66. The number of non-ortho nitro benzene ring substituents is 1. The van der Waals surface area contributed by atoms with E-state index in [9.17, 15) is 29.6 Å². The van der Waals surface area contributed by atoms with Crippen molar-refractivity contribution >= 4 is 76.0 Å². The highest BCUT2D eigenvalue weighted by Gasteiger charge is 2.32. The van der Waals surface area contributed by atoms with Crippen molar-refractivity contribution in [1.29, 1.82) is 0 Å². The van der Waals surface area contributed by atoms with E-state index in [1.165, 1.54) is 4.90 Å². The number of carbonyl (C=O) groups is 1. The number of benzene rings is 1. The molecule has 0 heterocycles. The van der Waals surface area contributed by atoms with Gasteiger partial charge >= 0.3 is 7.82 Å². The minimum Gasteiger partial charge on any atom is -0.364 e. The zero-order chi connectivity index (χ0) is 24.5. The van der Waals surface area contributed by atoms with Crippen molar-refractivity contribution in [2.24, 2.45) is 0 Å². The van der Waals surface area contributed by atoms with Gasteiger partial charge in [-0.15, -0.1) is 0 Å². The predicted molar refractivity (Wildman–Crippen MR) is 134 cm³/mol. The zero-order valence-electron chi connectivity index (χ0n) is 17.1. The fourth-order valence-electron chi connectivity index (χ4n) is 2.91. The van der Waals surface area contributed by atoms with Crippen molar-refractivity contribution in [2.45, 2.75) is 13.3 Å². The molecule has 32 heavy (non-hydrogen) atoms. The van der Waals surface area contributed by atoms with Gasteiger partial charge in [0.2, 0.25) is 0 Å². The Kier molecular flexibility index (Phi) is 12.2. The van der Waals surface area contributed by atoms with Gasteiger partial charge < -0.3 is 19.6 Å². The number of rotatable bonds is 14. The fraction of sp³-hybridized carbons (Fsp3) is 0.562. The van der Waals surface area contributed by atoms with E-state index in [0.29, 0.717) is 28.4 Å². The maximum atomic E-state index is 13.4. The summed E-state index contributed by atoms with van der Waals surface area (Å²) < 4.78 is 16.5. The number of nitro benzene ring substituents is 2. The molecule has 0 saturated heterocycles. The van der Waals surface area contributed by atoms with Gasteiger partial charge in [-0.2, -0.15) is 0 Å². The number of nitrogens with zero attached hydrogens (tertiary/aromatic N) is 4. The first kappa shape index (κ1) is 28.9. The van der Waals surface area contributed by atoms with Gasteiger partial charge in [0.15, 0.2) is 0 Å². The maximum Gasteiger partial charge on any atom is 0.469 e. The molecule has 0 aliphatic heterocycles. The van der Waals surface area contributed by atoms with Gasteiger partial charge in [-0.3, -0.25) is 29.5 Å². The molecule has 180 valence electrons. The summed E-state index contributed by atoms with van der Waals surface area (Å²) in [4.78, 5) is 55.6. The van der Waals surface area contributed by atoms with Crippen LogP contribution < -0.4 is 4.90 Å². The van der Waals surface area contributed by atoms with Crippen LogP contribution in [0.25, 0.3) is 0 Å². The number of phosphoric ester groups is 1. The van der Waals surface area contributed by atoms with Crippen LogP contribution in [0, 0.1) is 20.2 Å². The molecule has 0 spiro atoms. The Morgan fingerprint density at radius 2 is 1.69 bits per heavy atom. The van der Waals surface area contributed by atoms with E-state index in [1.54, 1.807) is 11.8 Å². The van der Waals surface area contributed by atoms with Crippen LogP contribution in [0.1, 0.15) is 23.7 Å². The van der Waals surface area contributed by atoms with Gasteiger partial charge in [0.25, 0.3) is 17.3 Å². The Morgan fingerprint density at radius 1 is 1.09 bits per heavy atom. The number of hydrogen-bond acceptors (Lipinski definition) is 8. The number of nitro groups is 2. The summed E-state index contributed by atoms with van der Waals surface area (Å²) in [6, 6.07) is 1.84. The van der Waals surface area contributed by atoms with Crippen molar-refractivity contribution in [3.05, 3.63) is 37.9 Å². The second-order valence-corrected chi connectivity index (χ2v) is 9.75. The van der Waals surface area contributed by atoms with Crippen molar-refractivity contribution in [2.75, 3.05) is 46.5 Å². The van der Waals surface area contributed by atoms with Crippen LogP contribution in [0.15, 0.2) is 12.1 Å². The Balaban J connectivity index is 3.62. The normalized spacial score (nSPS) is 11.3. The van der Waals surface area contributed by atoms with Gasteiger partial charge in [0.05, 0.1) is 28.1 Å². The third-order valence-corrected chi connectivity index (χ3v) is 5.62. The van der Waals surface area contributed by atoms with Crippen molar-refractivity contribution < 1.29 is 33.5 Å². The van der Waals surface area contributed by atoms with E-state index >= 15 is 0 Å². The van der Waals surface area contributed by atoms with Crippen molar-refractivity contribution in [1.82, 2.24) is 4.90 Å². The Bertz CT molecular complexity index is 877. The van der Waals surface area contributed by atoms with Crippen LogP contribution in [-0.4, -0.2) is 72.1 Å². The Morgan fingerprint density at radius 3 is 2.12 bits per heavy atom. The highest BCUT2D eigenvalue weighted by molar-refractivity contribution is 14.1. The minimum atomic E-state index is -4.75. The molecule has 0 aromatic heterocycles. The van der Waals surface area contributed by atoms with Gasteiger partial charge in [0, 0.05) is 41.1 Å². The highest BCUT2D eigenvalue weighted by atomic mass is 127. The maximum absolute atomic E-state index is 13.4. The number of carbonyl (C=O) groups excluding carboxylic acids is 1. The van der Waals surface area contributed by atoms with Crippen LogP contribution in [0.4, 0.5) is 17.1 Å². The van der Waals surface area contributed by atoms with Crippen LogP contribution in [0.2, 0.25) is 0 Å². The smallest absolute Gasteiger partial charge is 0.364 e. The number of hydrogen-bond donors (Lipinski definition) is 2. The minimum absolute atomic E-state index is 0.0176. The molecule has 0 aliphatic carbocycles. The summed E-state index contributed by atoms with van der Waals surface area (Å²) in [7, 11) is -4.75. The summed E-state index contributed by atoms with van der Waals surface area (Å²) in [5.74, 6) is -0.727. The van der Waals surface area contributed by atoms with Crippen LogP contribution in [0.3, 0.4) is 0 Å². The van der Waals surface area contributed by atoms with E-state index in [2.05, 4.69) is 49.7 Å². The van der Waals surface area contributed by atoms with Gasteiger partial charge in [-0.25, -0.2) is 4.57 Å². The molecule has 0 atom stereocenters. The van der Waals surface area contributed by atoms with E-state index in [4.69, 9.17) is 9.79 Å². The molecular weight excluding hydrogens is 677 g/mol. The first-order valence-corrected chi connectivity index (χ1v) is 13.9. The van der Waals surface area contributed by atoms with E-state index in [-0.39, 0.29) is 24.3 Å². The molecule has 13 nitrogen and oxygen atoms in total. The average molecular weight is 700 g/mol. The summed E-state index contributed by atoms with van der Waals surface area (Å²) in [6.45, 7) is 1.96. The topological polar surface area (TPSA) is 177 Å². The van der Waals surface area contributed by atoms with Crippen LogP contribution >= 0.6 is 53.0 Å². The molecule has 1 aromatic rings. The molecule has 0 saturated carbocycles. The summed E-state index contributed by atoms with van der Waals surface area (Å²) in [5, 5.41) is 23.2. The molecule has 0 radical (unpaired) electrons. The average Bonchev–Trinajstić information content (AvgIpc) is 2.70. The second-order valence-electron chi connectivity index (χ2n) is 6.36. The number of alkyl halides is 2. The molecule has 2 N–H and O–H groups in total. The molecular formula is C16H23I2N4O9P. The molecule has 0 aliphatic rings. The lowest BCUT2D eigenvalue weighted by Gasteiger charge is -2.28. The third-order valence-electron chi connectivity index (χ3n) is 4.14. The van der Waals surface area contributed by atoms with Gasteiger partial charge in [-0.05, 0) is 6.42 Å². The molecule has 1 amide bonds. The van der Waals surface area contributed by atoms with E-state index in [0.717, 1.165) is 12.1 Å². The first-order chi connectivity index (χ1) is 15.0. The van der Waals surface area contributed by atoms with Crippen LogP contribution in [0.5, 0.6) is 0 Å². The number of anilines is 1. The predicted octanol–water partition coefficient (Wildman–Crippen LogP) is 3.14. The van der Waals surface area contributed by atoms with Crippen molar-refractivity contribution in [3.63, 3.8) is 0 Å². The number of amides is 1. The molecule has 0 bridgehead atoms.